The van der Waals surface area contributed by atoms with E-state index in [0.29, 0.717) is 31.3 Å². The fourth-order valence-electron chi connectivity index (χ4n) is 3.60. The van der Waals surface area contributed by atoms with Gasteiger partial charge in [-0.1, -0.05) is 42.6 Å². The summed E-state index contributed by atoms with van der Waals surface area (Å²) in [6.45, 7) is 5.76. The van der Waals surface area contributed by atoms with E-state index in [-0.39, 0.29) is 4.90 Å². The summed E-state index contributed by atoms with van der Waals surface area (Å²) in [5.41, 5.74) is 0. The Labute approximate surface area is 158 Å². The van der Waals surface area contributed by atoms with Gasteiger partial charge in [-0.15, -0.1) is 0 Å². The third kappa shape index (κ3) is 4.35. The Kier molecular flexibility index (Phi) is 5.70. The Hall–Kier alpha value is -1.12. The highest BCUT2D eigenvalue weighted by Crippen LogP contribution is 2.32. The van der Waals surface area contributed by atoms with Gasteiger partial charge in [-0.2, -0.15) is 0 Å². The van der Waals surface area contributed by atoms with Gasteiger partial charge in [0.05, 0.1) is 18.2 Å². The van der Waals surface area contributed by atoms with Crippen LogP contribution >= 0.6 is 15.9 Å². The molecule has 6 nitrogen and oxygen atoms in total. The number of aliphatic imine (C=N–C) groups is 1. The van der Waals surface area contributed by atoms with Gasteiger partial charge in [-0.05, 0) is 42.5 Å². The van der Waals surface area contributed by atoms with E-state index in [1.807, 2.05) is 0 Å². The molecule has 25 heavy (non-hydrogen) atoms. The van der Waals surface area contributed by atoms with Gasteiger partial charge < -0.3 is 5.32 Å². The quantitative estimate of drug-likeness (QED) is 0.775. The zero-order valence-electron chi connectivity index (χ0n) is 14.6. The molecule has 8 heteroatoms. The molecule has 0 bridgehead atoms. The summed E-state index contributed by atoms with van der Waals surface area (Å²) < 4.78 is 28.2. The van der Waals surface area contributed by atoms with Crippen molar-refractivity contribution in [2.24, 2.45) is 16.8 Å². The monoisotopic (exact) mass is 428 g/mol. The summed E-state index contributed by atoms with van der Waals surface area (Å²) in [4.78, 5) is 6.93. The number of sulfonamides is 1. The molecule has 0 radical (unpaired) electrons. The van der Waals surface area contributed by atoms with Crippen LogP contribution in [0.1, 0.15) is 33.1 Å². The summed E-state index contributed by atoms with van der Waals surface area (Å²) >= 11 is 3.31. The zero-order valence-corrected chi connectivity index (χ0v) is 17.0. The molecule has 0 aromatic heterocycles. The molecule has 2 aliphatic rings. The van der Waals surface area contributed by atoms with Crippen LogP contribution in [0.25, 0.3) is 0 Å². The van der Waals surface area contributed by atoms with Gasteiger partial charge in [0, 0.05) is 10.5 Å². The smallest absolute Gasteiger partial charge is 0.264 e. The summed E-state index contributed by atoms with van der Waals surface area (Å²) in [5.74, 6) is 1.67. The van der Waals surface area contributed by atoms with Gasteiger partial charge in [0.25, 0.3) is 10.0 Å². The minimum absolute atomic E-state index is 0.220. The molecule has 0 spiro atoms. The van der Waals surface area contributed by atoms with Crippen molar-refractivity contribution < 1.29 is 8.42 Å². The molecular formula is C17H25BrN4O2S. The number of nitrogens with one attached hydrogen (secondary N) is 2. The molecule has 1 aromatic rings. The van der Waals surface area contributed by atoms with E-state index in [1.54, 1.807) is 24.3 Å². The molecule has 0 saturated heterocycles. The lowest BCUT2D eigenvalue weighted by Gasteiger charge is -2.42. The van der Waals surface area contributed by atoms with Crippen molar-refractivity contribution in [2.75, 3.05) is 13.3 Å². The summed E-state index contributed by atoms with van der Waals surface area (Å²) in [7, 11) is -3.62. The second kappa shape index (κ2) is 7.63. The summed E-state index contributed by atoms with van der Waals surface area (Å²) in [5, 5.41) is 3.12. The predicted molar refractivity (Wildman–Crippen MR) is 103 cm³/mol. The maximum atomic E-state index is 12.4. The van der Waals surface area contributed by atoms with Crippen LogP contribution in [0.4, 0.5) is 0 Å². The van der Waals surface area contributed by atoms with E-state index in [9.17, 15) is 8.42 Å². The van der Waals surface area contributed by atoms with Crippen molar-refractivity contribution in [3.63, 3.8) is 0 Å². The van der Waals surface area contributed by atoms with Crippen LogP contribution < -0.4 is 10.0 Å². The maximum Gasteiger partial charge on any atom is 0.264 e. The first-order chi connectivity index (χ1) is 11.9. The van der Waals surface area contributed by atoms with Gasteiger partial charge in [0.2, 0.25) is 5.96 Å². The molecule has 0 unspecified atom stereocenters. The average Bonchev–Trinajstić information content (AvgIpc) is 2.58. The Morgan fingerprint density at radius 2 is 1.96 bits per heavy atom. The van der Waals surface area contributed by atoms with Crippen molar-refractivity contribution in [1.82, 2.24) is 14.9 Å². The van der Waals surface area contributed by atoms with Crippen molar-refractivity contribution >= 4 is 31.9 Å². The largest absolute Gasteiger partial charge is 0.343 e. The topological polar surface area (TPSA) is 73.8 Å². The molecule has 1 aliphatic heterocycles. The zero-order chi connectivity index (χ0) is 18.0. The average molecular weight is 429 g/mol. The van der Waals surface area contributed by atoms with Gasteiger partial charge >= 0.3 is 0 Å². The van der Waals surface area contributed by atoms with Crippen LogP contribution in [0, 0.1) is 11.8 Å². The fraction of sp³-hybridized carbons (Fsp3) is 0.588. The Morgan fingerprint density at radius 1 is 1.24 bits per heavy atom. The summed E-state index contributed by atoms with van der Waals surface area (Å²) in [6, 6.07) is 7.04. The second-order valence-corrected chi connectivity index (χ2v) is 9.56. The van der Waals surface area contributed by atoms with Gasteiger partial charge in [-0.25, -0.2) is 18.1 Å². The predicted octanol–water partition coefficient (Wildman–Crippen LogP) is 2.73. The highest BCUT2D eigenvalue weighted by molar-refractivity contribution is 9.10. The lowest BCUT2D eigenvalue weighted by Crippen LogP contribution is -2.55. The van der Waals surface area contributed by atoms with E-state index in [4.69, 9.17) is 0 Å². The lowest BCUT2D eigenvalue weighted by molar-refractivity contribution is 0.0768. The normalized spacial score (nSPS) is 28.1. The van der Waals surface area contributed by atoms with Crippen LogP contribution in [0.3, 0.4) is 0 Å². The maximum absolute atomic E-state index is 12.4. The van der Waals surface area contributed by atoms with Crippen molar-refractivity contribution in [1.29, 1.82) is 0 Å². The first kappa shape index (κ1) is 18.7. The molecular weight excluding hydrogens is 404 g/mol. The molecule has 1 saturated carbocycles. The van der Waals surface area contributed by atoms with Crippen molar-refractivity contribution in [3.8, 4) is 0 Å². The Morgan fingerprint density at radius 3 is 2.60 bits per heavy atom. The Balaban J connectivity index is 1.64. The minimum Gasteiger partial charge on any atom is -0.343 e. The summed E-state index contributed by atoms with van der Waals surface area (Å²) in [6.07, 6.45) is 3.72. The lowest BCUT2D eigenvalue weighted by atomic mass is 9.77. The fourth-order valence-corrected chi connectivity index (χ4v) is 4.87. The number of rotatable bonds is 3. The van der Waals surface area contributed by atoms with E-state index in [2.05, 4.69) is 49.7 Å². The molecule has 1 aliphatic carbocycles. The van der Waals surface area contributed by atoms with Gasteiger partial charge in [-0.3, -0.25) is 4.90 Å². The third-order valence-electron chi connectivity index (χ3n) is 5.35. The molecule has 3 atom stereocenters. The molecule has 1 heterocycles. The van der Waals surface area contributed by atoms with E-state index in [1.165, 1.54) is 19.3 Å². The van der Waals surface area contributed by atoms with Gasteiger partial charge in [0.1, 0.15) is 0 Å². The Bertz CT molecular complexity index is 736. The standard InChI is InChI=1S/C17H25BrN4O2S/c1-12-4-3-5-16(13(12)2)22-10-19-17(20-11-22)21-25(23,24)15-8-6-14(18)7-9-15/h6-9,12-13,16H,3-5,10-11H2,1-2H3,(H2,19,20,21)/t12-,13+,16-/m1/s1. The molecule has 2 N–H and O–H groups in total. The van der Waals surface area contributed by atoms with E-state index < -0.39 is 10.0 Å². The number of guanidine groups is 1. The van der Waals surface area contributed by atoms with E-state index in [0.717, 1.165) is 10.4 Å². The molecule has 1 aromatic carbocycles. The number of hydrogen-bond donors (Lipinski definition) is 2. The number of hydrogen-bond acceptors (Lipinski definition) is 5. The number of benzene rings is 1. The van der Waals surface area contributed by atoms with Crippen molar-refractivity contribution in [2.45, 2.75) is 44.0 Å². The highest BCUT2D eigenvalue weighted by Gasteiger charge is 2.32. The minimum atomic E-state index is -3.62. The molecule has 0 amide bonds. The van der Waals surface area contributed by atoms with Crippen LogP contribution in [-0.2, 0) is 10.0 Å². The van der Waals surface area contributed by atoms with Crippen LogP contribution in [0.15, 0.2) is 38.6 Å². The third-order valence-corrected chi connectivity index (χ3v) is 7.23. The SMILES string of the molecule is C[C@H]1[C@H](C)CCC[C@H]1N1CN=C(NS(=O)(=O)c2ccc(Br)cc2)NC1. The van der Waals surface area contributed by atoms with E-state index >= 15 is 0 Å². The molecule has 138 valence electrons. The molecule has 1 fully saturated rings. The van der Waals surface area contributed by atoms with Crippen LogP contribution in [0.2, 0.25) is 0 Å². The molecule has 3 rings (SSSR count). The number of nitrogens with zero attached hydrogens (tertiary/aromatic N) is 2. The van der Waals surface area contributed by atoms with Crippen LogP contribution in [0.5, 0.6) is 0 Å². The van der Waals surface area contributed by atoms with Crippen molar-refractivity contribution in [3.05, 3.63) is 28.7 Å². The first-order valence-corrected chi connectivity index (χ1v) is 10.9. The second-order valence-electron chi connectivity index (χ2n) is 6.97. The number of halogens is 1. The first-order valence-electron chi connectivity index (χ1n) is 8.67. The highest BCUT2D eigenvalue weighted by atomic mass is 79.9. The van der Waals surface area contributed by atoms with Gasteiger partial charge in [0.15, 0.2) is 0 Å². The van der Waals surface area contributed by atoms with Crippen LogP contribution in [-0.4, -0.2) is 38.7 Å².